The van der Waals surface area contributed by atoms with Gasteiger partial charge in [-0.1, -0.05) is 25.0 Å². The third-order valence-corrected chi connectivity index (χ3v) is 6.31. The molecule has 0 atom stereocenters. The van der Waals surface area contributed by atoms with Crippen molar-refractivity contribution in [1.29, 1.82) is 0 Å². The highest BCUT2D eigenvalue weighted by atomic mass is 16.5. The number of ether oxygens (including phenoxy) is 2. The molecule has 1 aromatic carbocycles. The van der Waals surface area contributed by atoms with Crippen LogP contribution in [0.25, 0.3) is 11.3 Å². The summed E-state index contributed by atoms with van der Waals surface area (Å²) in [4.78, 5) is 16.6. The Morgan fingerprint density at radius 2 is 2.00 bits per heavy atom. The van der Waals surface area contributed by atoms with E-state index in [1.807, 2.05) is 30.3 Å². The summed E-state index contributed by atoms with van der Waals surface area (Å²) < 4.78 is 14.0. The minimum Gasteiger partial charge on any atom is -0.483 e. The zero-order valence-electron chi connectivity index (χ0n) is 19.2. The first-order chi connectivity index (χ1) is 16.0. The van der Waals surface area contributed by atoms with E-state index >= 15 is 0 Å². The zero-order chi connectivity index (χ0) is 22.8. The molecule has 0 radical (unpaired) electrons. The third-order valence-electron chi connectivity index (χ3n) is 6.31. The molecule has 1 amide bonds. The number of pyridine rings is 1. The van der Waals surface area contributed by atoms with Gasteiger partial charge in [0.1, 0.15) is 5.60 Å². The summed E-state index contributed by atoms with van der Waals surface area (Å²) in [7, 11) is 0. The van der Waals surface area contributed by atoms with Crippen LogP contribution in [0.4, 0.5) is 0 Å². The predicted octanol–water partition coefficient (Wildman–Crippen LogP) is 4.47. The number of hydrogen-bond donors (Lipinski definition) is 1. The monoisotopic (exact) mass is 446 g/mol. The summed E-state index contributed by atoms with van der Waals surface area (Å²) in [6, 6.07) is 12.3. The second-order valence-corrected chi connectivity index (χ2v) is 9.49. The van der Waals surface area contributed by atoms with E-state index in [2.05, 4.69) is 34.9 Å². The molecule has 3 aromatic rings. The molecule has 3 heterocycles. The van der Waals surface area contributed by atoms with Crippen LogP contribution in [0.2, 0.25) is 0 Å². The molecular weight excluding hydrogens is 416 g/mol. The van der Waals surface area contributed by atoms with Gasteiger partial charge in [0, 0.05) is 29.9 Å². The molecule has 0 bridgehead atoms. The minimum absolute atomic E-state index is 0.0687. The molecule has 1 aliphatic carbocycles. The normalized spacial score (nSPS) is 16.9. The first-order valence-electron chi connectivity index (χ1n) is 11.7. The minimum atomic E-state index is -0.255. The second-order valence-electron chi connectivity index (χ2n) is 9.49. The van der Waals surface area contributed by atoms with Crippen molar-refractivity contribution in [2.24, 2.45) is 0 Å². The van der Waals surface area contributed by atoms with Gasteiger partial charge in [-0.25, -0.2) is 0 Å². The molecule has 0 unspecified atom stereocenters. The third kappa shape index (κ3) is 4.72. The fourth-order valence-corrected chi connectivity index (χ4v) is 4.78. The number of benzene rings is 1. The number of amides is 1. The quantitative estimate of drug-likeness (QED) is 0.579. The van der Waals surface area contributed by atoms with E-state index in [0.29, 0.717) is 18.3 Å². The second kappa shape index (κ2) is 8.89. The average Bonchev–Trinajstić information content (AvgIpc) is 3.54. The summed E-state index contributed by atoms with van der Waals surface area (Å²) in [6.07, 6.45) is 9.16. The fourth-order valence-electron chi connectivity index (χ4n) is 4.78. The number of hydrogen-bond acceptors (Lipinski definition) is 5. The van der Waals surface area contributed by atoms with E-state index in [0.717, 1.165) is 47.5 Å². The number of aromatic nitrogens is 3. The van der Waals surface area contributed by atoms with Gasteiger partial charge in [-0.2, -0.15) is 5.10 Å². The first kappa shape index (κ1) is 21.5. The van der Waals surface area contributed by atoms with Gasteiger partial charge in [0.2, 0.25) is 0 Å². The number of carbonyl (C=O) groups is 1. The zero-order valence-corrected chi connectivity index (χ0v) is 19.2. The Kier molecular flexibility index (Phi) is 5.79. The maximum Gasteiger partial charge on any atom is 0.258 e. The SMILES string of the molecule is CC1(C)Cc2cccc(OCC(=O)NCc3cc(-c4ccncc4)n(C4CCCC4)n3)c2O1. The number of rotatable bonds is 7. The van der Waals surface area contributed by atoms with Gasteiger partial charge in [-0.15, -0.1) is 0 Å². The fraction of sp³-hybridized carbons (Fsp3) is 0.423. The number of nitrogens with zero attached hydrogens (tertiary/aromatic N) is 3. The standard InChI is InChI=1S/C26H30N4O3/c1-26(2)15-19-6-5-9-23(25(19)33-26)32-17-24(31)28-16-20-14-22(18-10-12-27-13-11-18)30(29-20)21-7-3-4-8-21/h5-6,9-14,21H,3-4,7-8,15-17H2,1-2H3,(H,28,31). The van der Waals surface area contributed by atoms with Gasteiger partial charge in [0.05, 0.1) is 24.0 Å². The van der Waals surface area contributed by atoms with Gasteiger partial charge >= 0.3 is 0 Å². The van der Waals surface area contributed by atoms with Gasteiger partial charge in [0.15, 0.2) is 18.1 Å². The molecule has 1 aliphatic heterocycles. The van der Waals surface area contributed by atoms with E-state index in [9.17, 15) is 4.79 Å². The molecule has 172 valence electrons. The predicted molar refractivity (Wildman–Crippen MR) is 125 cm³/mol. The Balaban J connectivity index is 1.23. The van der Waals surface area contributed by atoms with Crippen LogP contribution < -0.4 is 14.8 Å². The summed E-state index contributed by atoms with van der Waals surface area (Å²) in [5.74, 6) is 1.16. The van der Waals surface area contributed by atoms with Crippen molar-refractivity contribution in [2.45, 2.75) is 64.1 Å². The van der Waals surface area contributed by atoms with Crippen LogP contribution in [0.15, 0.2) is 48.8 Å². The average molecular weight is 447 g/mol. The van der Waals surface area contributed by atoms with Gasteiger partial charge in [-0.05, 0) is 51.0 Å². The maximum atomic E-state index is 12.5. The van der Waals surface area contributed by atoms with Crippen LogP contribution in [-0.2, 0) is 17.8 Å². The summed E-state index contributed by atoms with van der Waals surface area (Å²) >= 11 is 0. The van der Waals surface area contributed by atoms with Crippen LogP contribution in [0, 0.1) is 0 Å². The lowest BCUT2D eigenvalue weighted by Gasteiger charge is -2.18. The highest BCUT2D eigenvalue weighted by Crippen LogP contribution is 2.41. The van der Waals surface area contributed by atoms with Crippen molar-refractivity contribution >= 4 is 5.91 Å². The Labute approximate surface area is 194 Å². The molecule has 0 saturated heterocycles. The molecule has 1 fully saturated rings. The van der Waals surface area contributed by atoms with Crippen LogP contribution in [0.5, 0.6) is 11.5 Å². The Morgan fingerprint density at radius 3 is 2.79 bits per heavy atom. The highest BCUT2D eigenvalue weighted by Gasteiger charge is 2.32. The number of nitrogens with one attached hydrogen (secondary N) is 1. The van der Waals surface area contributed by atoms with Crippen molar-refractivity contribution in [1.82, 2.24) is 20.1 Å². The first-order valence-corrected chi connectivity index (χ1v) is 11.7. The number of fused-ring (bicyclic) bond motifs is 1. The van der Waals surface area contributed by atoms with E-state index in [-0.39, 0.29) is 18.1 Å². The van der Waals surface area contributed by atoms with Crippen LogP contribution >= 0.6 is 0 Å². The number of carbonyl (C=O) groups excluding carboxylic acids is 1. The Morgan fingerprint density at radius 1 is 1.21 bits per heavy atom. The molecule has 0 spiro atoms. The van der Waals surface area contributed by atoms with Crippen molar-refractivity contribution in [2.75, 3.05) is 6.61 Å². The van der Waals surface area contributed by atoms with E-state index in [1.54, 1.807) is 12.4 Å². The smallest absolute Gasteiger partial charge is 0.258 e. The number of para-hydroxylation sites is 1. The molecular formula is C26H30N4O3. The lowest BCUT2D eigenvalue weighted by atomic mass is 10.0. The van der Waals surface area contributed by atoms with Crippen molar-refractivity contribution < 1.29 is 14.3 Å². The molecule has 1 N–H and O–H groups in total. The Hall–Kier alpha value is -3.35. The van der Waals surface area contributed by atoms with Gasteiger partial charge < -0.3 is 14.8 Å². The van der Waals surface area contributed by atoms with E-state index in [1.165, 1.54) is 12.8 Å². The molecule has 7 heteroatoms. The highest BCUT2D eigenvalue weighted by molar-refractivity contribution is 5.77. The van der Waals surface area contributed by atoms with Gasteiger partial charge in [-0.3, -0.25) is 14.5 Å². The van der Waals surface area contributed by atoms with E-state index < -0.39 is 0 Å². The van der Waals surface area contributed by atoms with E-state index in [4.69, 9.17) is 14.6 Å². The van der Waals surface area contributed by atoms with Crippen molar-refractivity contribution in [3.8, 4) is 22.8 Å². The Bertz CT molecular complexity index is 1130. The largest absolute Gasteiger partial charge is 0.483 e. The van der Waals surface area contributed by atoms with Gasteiger partial charge in [0.25, 0.3) is 5.91 Å². The lowest BCUT2D eigenvalue weighted by Crippen LogP contribution is -2.29. The molecule has 1 saturated carbocycles. The molecule has 7 nitrogen and oxygen atoms in total. The van der Waals surface area contributed by atoms with Crippen LogP contribution in [0.1, 0.15) is 56.8 Å². The summed E-state index contributed by atoms with van der Waals surface area (Å²) in [5.41, 5.74) is 3.86. The molecule has 2 aliphatic rings. The maximum absolute atomic E-state index is 12.5. The van der Waals surface area contributed by atoms with Crippen LogP contribution in [-0.4, -0.2) is 32.9 Å². The summed E-state index contributed by atoms with van der Waals surface area (Å²) in [5, 5.41) is 7.79. The summed E-state index contributed by atoms with van der Waals surface area (Å²) in [6.45, 7) is 4.39. The van der Waals surface area contributed by atoms with Crippen molar-refractivity contribution in [3.05, 3.63) is 60.0 Å². The van der Waals surface area contributed by atoms with Crippen LogP contribution in [0.3, 0.4) is 0 Å². The molecule has 33 heavy (non-hydrogen) atoms. The van der Waals surface area contributed by atoms with Crippen molar-refractivity contribution in [3.63, 3.8) is 0 Å². The molecule has 5 rings (SSSR count). The molecule has 2 aromatic heterocycles. The lowest BCUT2D eigenvalue weighted by molar-refractivity contribution is -0.123. The topological polar surface area (TPSA) is 78.3 Å².